The first kappa shape index (κ1) is 17.7. The van der Waals surface area contributed by atoms with E-state index in [1.807, 2.05) is 30.3 Å². The lowest BCUT2D eigenvalue weighted by Gasteiger charge is -2.19. The molecule has 0 fully saturated rings. The van der Waals surface area contributed by atoms with E-state index in [4.69, 9.17) is 5.26 Å². The summed E-state index contributed by atoms with van der Waals surface area (Å²) in [6.07, 6.45) is 0.432. The van der Waals surface area contributed by atoms with Crippen LogP contribution in [-0.4, -0.2) is 19.7 Å². The number of nitrogens with zero attached hydrogens (tertiary/aromatic N) is 1. The Labute approximate surface area is 128 Å². The van der Waals surface area contributed by atoms with Crippen molar-refractivity contribution >= 4 is 10.0 Å². The number of hydrogen-bond donors (Lipinski definition) is 1. The predicted molar refractivity (Wildman–Crippen MR) is 85.5 cm³/mol. The van der Waals surface area contributed by atoms with Crippen LogP contribution in [0.4, 0.5) is 0 Å². The molecule has 0 amide bonds. The lowest BCUT2D eigenvalue weighted by atomic mass is 9.86. The fourth-order valence-corrected chi connectivity index (χ4v) is 3.32. The number of aryl methyl sites for hydroxylation is 1. The summed E-state index contributed by atoms with van der Waals surface area (Å²) in [5.74, 6) is -0.0209. The van der Waals surface area contributed by atoms with Gasteiger partial charge in [0.15, 0.2) is 0 Å². The standard InChI is InChI=1S/C16H24N2O2S/c1-15(2,3)14-8-6-13(7-9-14)10-11-21(19,20)18-16(4,5)12-17/h6-9,18H,10-11H2,1-5H3. The molecule has 4 nitrogen and oxygen atoms in total. The highest BCUT2D eigenvalue weighted by molar-refractivity contribution is 7.89. The average Bonchev–Trinajstić information content (AvgIpc) is 2.35. The monoisotopic (exact) mass is 308 g/mol. The van der Waals surface area contributed by atoms with Gasteiger partial charge in [0.2, 0.25) is 10.0 Å². The Morgan fingerprint density at radius 1 is 1.10 bits per heavy atom. The van der Waals surface area contributed by atoms with Gasteiger partial charge in [-0.2, -0.15) is 9.98 Å². The van der Waals surface area contributed by atoms with Crippen LogP contribution in [0.15, 0.2) is 24.3 Å². The maximum Gasteiger partial charge on any atom is 0.213 e. The molecule has 1 aromatic carbocycles. The van der Waals surface area contributed by atoms with Gasteiger partial charge in [0.25, 0.3) is 0 Å². The maximum atomic E-state index is 11.9. The molecular formula is C16H24N2O2S. The molecule has 21 heavy (non-hydrogen) atoms. The van der Waals surface area contributed by atoms with Crippen molar-refractivity contribution in [2.75, 3.05) is 5.75 Å². The molecule has 0 aliphatic rings. The summed E-state index contributed by atoms with van der Waals surface area (Å²) < 4.78 is 26.3. The van der Waals surface area contributed by atoms with Crippen LogP contribution in [0.3, 0.4) is 0 Å². The van der Waals surface area contributed by atoms with Crippen molar-refractivity contribution in [2.24, 2.45) is 0 Å². The molecule has 116 valence electrons. The van der Waals surface area contributed by atoms with Crippen molar-refractivity contribution < 1.29 is 8.42 Å². The second-order valence-corrected chi connectivity index (χ2v) is 8.70. The second-order valence-electron chi connectivity index (χ2n) is 6.85. The molecule has 0 bridgehead atoms. The minimum Gasteiger partial charge on any atom is -0.212 e. The molecule has 0 radical (unpaired) electrons. The van der Waals surface area contributed by atoms with Crippen LogP contribution in [0.2, 0.25) is 0 Å². The van der Waals surface area contributed by atoms with E-state index >= 15 is 0 Å². The lowest BCUT2D eigenvalue weighted by molar-refractivity contribution is 0.535. The van der Waals surface area contributed by atoms with Gasteiger partial charge in [-0.15, -0.1) is 0 Å². The Kier molecular flexibility index (Phi) is 5.19. The van der Waals surface area contributed by atoms with Crippen LogP contribution in [-0.2, 0) is 21.9 Å². The van der Waals surface area contributed by atoms with E-state index in [9.17, 15) is 8.42 Å². The molecule has 1 rings (SSSR count). The molecule has 0 aromatic heterocycles. The number of nitriles is 1. The summed E-state index contributed by atoms with van der Waals surface area (Å²) >= 11 is 0. The normalized spacial score (nSPS) is 13.0. The molecule has 0 aliphatic heterocycles. The van der Waals surface area contributed by atoms with Crippen molar-refractivity contribution in [3.8, 4) is 6.07 Å². The molecule has 0 spiro atoms. The number of benzene rings is 1. The van der Waals surface area contributed by atoms with Crippen molar-refractivity contribution in [1.82, 2.24) is 4.72 Å². The molecule has 1 aromatic rings. The summed E-state index contributed by atoms with van der Waals surface area (Å²) in [5, 5.41) is 8.87. The third kappa shape index (κ3) is 5.86. The average molecular weight is 308 g/mol. The Hall–Kier alpha value is -1.38. The van der Waals surface area contributed by atoms with Crippen LogP contribution in [0.5, 0.6) is 0 Å². The van der Waals surface area contributed by atoms with Gasteiger partial charge in [-0.05, 0) is 36.8 Å². The summed E-state index contributed by atoms with van der Waals surface area (Å²) in [6.45, 7) is 9.51. The Balaban J connectivity index is 2.70. The smallest absolute Gasteiger partial charge is 0.212 e. The van der Waals surface area contributed by atoms with Gasteiger partial charge in [0, 0.05) is 0 Å². The summed E-state index contributed by atoms with van der Waals surface area (Å²) in [4.78, 5) is 0. The number of nitrogens with one attached hydrogen (secondary N) is 1. The Morgan fingerprint density at radius 2 is 1.62 bits per heavy atom. The van der Waals surface area contributed by atoms with E-state index in [0.29, 0.717) is 6.42 Å². The highest BCUT2D eigenvalue weighted by atomic mass is 32.2. The SMILES string of the molecule is CC(C)(C#N)NS(=O)(=O)CCc1ccc(C(C)(C)C)cc1. The largest absolute Gasteiger partial charge is 0.213 e. The van der Waals surface area contributed by atoms with E-state index < -0.39 is 15.6 Å². The number of sulfonamides is 1. The van der Waals surface area contributed by atoms with Gasteiger partial charge in [0.1, 0.15) is 5.54 Å². The van der Waals surface area contributed by atoms with Crippen molar-refractivity contribution in [1.29, 1.82) is 5.26 Å². The molecule has 0 atom stereocenters. The summed E-state index contributed by atoms with van der Waals surface area (Å²) in [7, 11) is -3.46. The highest BCUT2D eigenvalue weighted by Crippen LogP contribution is 2.22. The van der Waals surface area contributed by atoms with Crippen molar-refractivity contribution in [2.45, 2.75) is 52.0 Å². The van der Waals surface area contributed by atoms with Gasteiger partial charge in [-0.1, -0.05) is 45.0 Å². The molecule has 5 heteroatoms. The fraction of sp³-hybridized carbons (Fsp3) is 0.562. The van der Waals surface area contributed by atoms with E-state index in [1.165, 1.54) is 5.56 Å². The Bertz CT molecular complexity index is 618. The first-order valence-corrected chi connectivity index (χ1v) is 8.63. The first-order chi connectivity index (χ1) is 9.45. The van der Waals surface area contributed by atoms with Crippen LogP contribution < -0.4 is 4.72 Å². The topological polar surface area (TPSA) is 70.0 Å². The molecule has 0 aliphatic carbocycles. The van der Waals surface area contributed by atoms with Crippen LogP contribution in [0, 0.1) is 11.3 Å². The minimum absolute atomic E-state index is 0.0209. The van der Waals surface area contributed by atoms with Gasteiger partial charge in [-0.25, -0.2) is 8.42 Å². The molecule has 0 heterocycles. The van der Waals surface area contributed by atoms with Crippen molar-refractivity contribution in [3.63, 3.8) is 0 Å². The Morgan fingerprint density at radius 3 is 2.05 bits per heavy atom. The quantitative estimate of drug-likeness (QED) is 0.909. The predicted octanol–water partition coefficient (Wildman–Crippen LogP) is 2.75. The lowest BCUT2D eigenvalue weighted by Crippen LogP contribution is -2.43. The molecule has 0 unspecified atom stereocenters. The molecule has 1 N–H and O–H groups in total. The maximum absolute atomic E-state index is 11.9. The summed E-state index contributed by atoms with van der Waals surface area (Å²) in [5.41, 5.74) is 1.21. The number of rotatable bonds is 5. The zero-order valence-corrected chi connectivity index (χ0v) is 14.2. The van der Waals surface area contributed by atoms with Crippen LogP contribution in [0.1, 0.15) is 45.7 Å². The van der Waals surface area contributed by atoms with E-state index in [-0.39, 0.29) is 11.2 Å². The van der Waals surface area contributed by atoms with E-state index in [0.717, 1.165) is 5.56 Å². The van der Waals surface area contributed by atoms with Gasteiger partial charge >= 0.3 is 0 Å². The number of hydrogen-bond acceptors (Lipinski definition) is 3. The molecule has 0 saturated heterocycles. The third-order valence-electron chi connectivity index (χ3n) is 3.17. The van der Waals surface area contributed by atoms with Crippen LogP contribution in [0.25, 0.3) is 0 Å². The summed E-state index contributed by atoms with van der Waals surface area (Å²) in [6, 6.07) is 9.93. The van der Waals surface area contributed by atoms with E-state index in [2.05, 4.69) is 25.5 Å². The highest BCUT2D eigenvalue weighted by Gasteiger charge is 2.24. The third-order valence-corrected chi connectivity index (χ3v) is 4.73. The molecular weight excluding hydrogens is 284 g/mol. The van der Waals surface area contributed by atoms with Gasteiger partial charge < -0.3 is 0 Å². The van der Waals surface area contributed by atoms with Crippen molar-refractivity contribution in [3.05, 3.63) is 35.4 Å². The fourth-order valence-electron chi connectivity index (χ4n) is 1.89. The molecule has 0 saturated carbocycles. The zero-order valence-electron chi connectivity index (χ0n) is 13.4. The van der Waals surface area contributed by atoms with Gasteiger partial charge in [-0.3, -0.25) is 0 Å². The van der Waals surface area contributed by atoms with Crippen LogP contribution >= 0.6 is 0 Å². The minimum atomic E-state index is -3.46. The first-order valence-electron chi connectivity index (χ1n) is 6.97. The second kappa shape index (κ2) is 6.17. The van der Waals surface area contributed by atoms with E-state index in [1.54, 1.807) is 13.8 Å². The zero-order chi connectivity index (χ0) is 16.3. The van der Waals surface area contributed by atoms with Gasteiger partial charge in [0.05, 0.1) is 11.8 Å².